The Morgan fingerprint density at radius 2 is 1.94 bits per heavy atom. The van der Waals surface area contributed by atoms with Gasteiger partial charge in [0.05, 0.1) is 6.54 Å². The molecule has 1 atom stereocenters. The van der Waals surface area contributed by atoms with Crippen LogP contribution in [0, 0.1) is 0 Å². The standard InChI is InChI=1S/C10H18F3N3O/c1-15(8(6-14)10(11,12)13)7-9(17)16-4-2-3-5-16/h8H,2-7,14H2,1H3. The Bertz CT molecular complexity index is 264. The molecule has 1 aliphatic heterocycles. The van der Waals surface area contributed by atoms with Crippen molar-refractivity contribution in [2.24, 2.45) is 5.73 Å². The molecule has 1 saturated heterocycles. The van der Waals surface area contributed by atoms with Crippen molar-refractivity contribution in [2.75, 3.05) is 33.2 Å². The Morgan fingerprint density at radius 1 is 1.41 bits per heavy atom. The normalized spacial score (nSPS) is 18.8. The first-order valence-electron chi connectivity index (χ1n) is 5.61. The van der Waals surface area contributed by atoms with Crippen LogP contribution >= 0.6 is 0 Å². The summed E-state index contributed by atoms with van der Waals surface area (Å²) in [5, 5.41) is 0. The lowest BCUT2D eigenvalue weighted by atomic mass is 10.2. The minimum atomic E-state index is -4.39. The zero-order chi connectivity index (χ0) is 13.1. The van der Waals surface area contributed by atoms with Gasteiger partial charge in [0.1, 0.15) is 6.04 Å². The number of alkyl halides is 3. The van der Waals surface area contributed by atoms with E-state index in [1.54, 1.807) is 4.90 Å². The van der Waals surface area contributed by atoms with Crippen LogP contribution in [-0.2, 0) is 4.79 Å². The van der Waals surface area contributed by atoms with Crippen molar-refractivity contribution in [3.63, 3.8) is 0 Å². The largest absolute Gasteiger partial charge is 0.405 e. The number of likely N-dealkylation sites (tertiary alicyclic amines) is 1. The van der Waals surface area contributed by atoms with Crippen LogP contribution in [0.25, 0.3) is 0 Å². The zero-order valence-electron chi connectivity index (χ0n) is 9.83. The number of hydrogen-bond donors (Lipinski definition) is 1. The van der Waals surface area contributed by atoms with Crippen molar-refractivity contribution < 1.29 is 18.0 Å². The van der Waals surface area contributed by atoms with Gasteiger partial charge in [-0.25, -0.2) is 0 Å². The first-order valence-corrected chi connectivity index (χ1v) is 5.61. The Hall–Kier alpha value is -0.820. The first kappa shape index (κ1) is 14.2. The van der Waals surface area contributed by atoms with E-state index in [1.165, 1.54) is 7.05 Å². The Labute approximate surface area is 98.5 Å². The predicted octanol–water partition coefficient (Wildman–Crippen LogP) is 0.430. The highest BCUT2D eigenvalue weighted by molar-refractivity contribution is 5.78. The van der Waals surface area contributed by atoms with Gasteiger partial charge in [0, 0.05) is 19.6 Å². The average Bonchev–Trinajstić information content (AvgIpc) is 2.68. The highest BCUT2D eigenvalue weighted by Gasteiger charge is 2.42. The number of amides is 1. The van der Waals surface area contributed by atoms with Gasteiger partial charge < -0.3 is 10.6 Å². The second kappa shape index (κ2) is 5.68. The third-order valence-electron chi connectivity index (χ3n) is 2.98. The smallest absolute Gasteiger partial charge is 0.342 e. The fourth-order valence-electron chi connectivity index (χ4n) is 1.95. The third kappa shape index (κ3) is 3.85. The molecule has 0 aromatic heterocycles. The summed E-state index contributed by atoms with van der Waals surface area (Å²) >= 11 is 0. The minimum absolute atomic E-state index is 0.235. The van der Waals surface area contributed by atoms with Gasteiger partial charge in [0.2, 0.25) is 5.91 Å². The highest BCUT2D eigenvalue weighted by Crippen LogP contribution is 2.23. The fraction of sp³-hybridized carbons (Fsp3) is 0.900. The van der Waals surface area contributed by atoms with Crippen molar-refractivity contribution in [2.45, 2.75) is 25.1 Å². The van der Waals surface area contributed by atoms with E-state index < -0.39 is 18.8 Å². The summed E-state index contributed by atoms with van der Waals surface area (Å²) in [6, 6.07) is -1.76. The highest BCUT2D eigenvalue weighted by atomic mass is 19.4. The van der Waals surface area contributed by atoms with E-state index >= 15 is 0 Å². The summed E-state index contributed by atoms with van der Waals surface area (Å²) in [4.78, 5) is 14.2. The number of carbonyl (C=O) groups is 1. The van der Waals surface area contributed by atoms with Crippen molar-refractivity contribution in [3.05, 3.63) is 0 Å². The second-order valence-corrected chi connectivity index (χ2v) is 4.30. The number of nitrogens with zero attached hydrogens (tertiary/aromatic N) is 2. The van der Waals surface area contributed by atoms with Crippen molar-refractivity contribution in [3.8, 4) is 0 Å². The van der Waals surface area contributed by atoms with E-state index in [9.17, 15) is 18.0 Å². The van der Waals surface area contributed by atoms with Crippen LogP contribution in [0.1, 0.15) is 12.8 Å². The number of carbonyl (C=O) groups excluding carboxylic acids is 1. The maximum absolute atomic E-state index is 12.6. The van der Waals surface area contributed by atoms with Crippen LogP contribution in [0.15, 0.2) is 0 Å². The van der Waals surface area contributed by atoms with Gasteiger partial charge >= 0.3 is 6.18 Å². The fourth-order valence-corrected chi connectivity index (χ4v) is 1.95. The van der Waals surface area contributed by atoms with E-state index in [4.69, 9.17) is 5.73 Å². The lowest BCUT2D eigenvalue weighted by Gasteiger charge is -2.29. The molecule has 0 bridgehead atoms. The molecule has 0 aromatic rings. The van der Waals surface area contributed by atoms with Crippen LogP contribution in [0.3, 0.4) is 0 Å². The monoisotopic (exact) mass is 253 g/mol. The molecule has 1 rings (SSSR count). The predicted molar refractivity (Wildman–Crippen MR) is 57.3 cm³/mol. The van der Waals surface area contributed by atoms with E-state index in [0.29, 0.717) is 13.1 Å². The van der Waals surface area contributed by atoms with E-state index in [1.807, 2.05) is 0 Å². The second-order valence-electron chi connectivity index (χ2n) is 4.30. The topological polar surface area (TPSA) is 49.6 Å². The molecular formula is C10H18F3N3O. The van der Waals surface area contributed by atoms with Crippen LogP contribution in [-0.4, -0.2) is 61.2 Å². The molecule has 7 heteroatoms. The van der Waals surface area contributed by atoms with E-state index in [2.05, 4.69) is 0 Å². The summed E-state index contributed by atoms with van der Waals surface area (Å²) in [7, 11) is 1.28. The lowest BCUT2D eigenvalue weighted by molar-refractivity contribution is -0.179. The Kier molecular flexibility index (Phi) is 4.76. The minimum Gasteiger partial charge on any atom is -0.342 e. The van der Waals surface area contributed by atoms with Crippen molar-refractivity contribution in [1.82, 2.24) is 9.80 Å². The van der Waals surface area contributed by atoms with Crippen LogP contribution in [0.4, 0.5) is 13.2 Å². The van der Waals surface area contributed by atoms with Gasteiger partial charge in [-0.3, -0.25) is 9.69 Å². The molecule has 2 N–H and O–H groups in total. The Morgan fingerprint density at radius 3 is 2.35 bits per heavy atom. The quantitative estimate of drug-likeness (QED) is 0.790. The molecule has 0 aliphatic carbocycles. The molecule has 1 fully saturated rings. The summed E-state index contributed by atoms with van der Waals surface area (Å²) in [6.07, 6.45) is -2.54. The molecule has 100 valence electrons. The molecule has 17 heavy (non-hydrogen) atoms. The van der Waals surface area contributed by atoms with Crippen LogP contribution in [0.2, 0.25) is 0 Å². The molecule has 0 aromatic carbocycles. The first-order chi connectivity index (χ1) is 7.86. The van der Waals surface area contributed by atoms with Gasteiger partial charge in [-0.05, 0) is 19.9 Å². The number of likely N-dealkylation sites (N-methyl/N-ethyl adjacent to an activating group) is 1. The van der Waals surface area contributed by atoms with Crippen LogP contribution < -0.4 is 5.73 Å². The molecular weight excluding hydrogens is 235 g/mol. The number of rotatable bonds is 4. The van der Waals surface area contributed by atoms with Gasteiger partial charge in [-0.15, -0.1) is 0 Å². The lowest BCUT2D eigenvalue weighted by Crippen LogP contribution is -2.51. The van der Waals surface area contributed by atoms with Gasteiger partial charge in [-0.2, -0.15) is 13.2 Å². The average molecular weight is 253 g/mol. The molecule has 0 spiro atoms. The van der Waals surface area contributed by atoms with Crippen LogP contribution in [0.5, 0.6) is 0 Å². The van der Waals surface area contributed by atoms with E-state index in [0.717, 1.165) is 17.7 Å². The summed E-state index contributed by atoms with van der Waals surface area (Å²) in [5.74, 6) is -0.257. The molecule has 1 amide bonds. The SMILES string of the molecule is CN(CC(=O)N1CCCC1)C(CN)C(F)(F)F. The zero-order valence-corrected chi connectivity index (χ0v) is 9.83. The molecule has 0 radical (unpaired) electrons. The van der Waals surface area contributed by atoms with Gasteiger partial charge in [0.15, 0.2) is 0 Å². The summed E-state index contributed by atoms with van der Waals surface area (Å²) < 4.78 is 37.7. The van der Waals surface area contributed by atoms with Crippen molar-refractivity contribution in [1.29, 1.82) is 0 Å². The number of nitrogens with two attached hydrogens (primary N) is 1. The molecule has 1 unspecified atom stereocenters. The van der Waals surface area contributed by atoms with Gasteiger partial charge in [0.25, 0.3) is 0 Å². The maximum atomic E-state index is 12.6. The molecule has 1 aliphatic rings. The third-order valence-corrected chi connectivity index (χ3v) is 2.98. The molecule has 4 nitrogen and oxygen atoms in total. The van der Waals surface area contributed by atoms with E-state index in [-0.39, 0.29) is 12.5 Å². The maximum Gasteiger partial charge on any atom is 0.405 e. The van der Waals surface area contributed by atoms with Crippen molar-refractivity contribution >= 4 is 5.91 Å². The number of hydrogen-bond acceptors (Lipinski definition) is 3. The number of halogens is 3. The van der Waals surface area contributed by atoms with Gasteiger partial charge in [-0.1, -0.05) is 0 Å². The summed E-state index contributed by atoms with van der Waals surface area (Å²) in [5.41, 5.74) is 5.10. The molecule has 1 heterocycles. The Balaban J connectivity index is 2.51. The summed E-state index contributed by atoms with van der Waals surface area (Å²) in [6.45, 7) is 0.520. The molecule has 0 saturated carbocycles.